The van der Waals surface area contributed by atoms with Crippen LogP contribution in [0, 0.1) is 17.2 Å². The van der Waals surface area contributed by atoms with Gasteiger partial charge >= 0.3 is 0 Å². The van der Waals surface area contributed by atoms with E-state index in [9.17, 15) is 0 Å². The van der Waals surface area contributed by atoms with Crippen LogP contribution in [0.3, 0.4) is 0 Å². The highest BCUT2D eigenvalue weighted by molar-refractivity contribution is 5.32. The van der Waals surface area contributed by atoms with Crippen molar-refractivity contribution in [2.45, 2.75) is 32.7 Å². The van der Waals surface area contributed by atoms with Crippen molar-refractivity contribution in [1.29, 1.82) is 5.26 Å². The minimum absolute atomic E-state index is 0.770. The Bertz CT molecular complexity index is 406. The van der Waals surface area contributed by atoms with Gasteiger partial charge in [0, 0.05) is 13.1 Å². The Morgan fingerprint density at radius 1 is 1.47 bits per heavy atom. The summed E-state index contributed by atoms with van der Waals surface area (Å²) in [5.74, 6) is 0.864. The second-order valence-corrected chi connectivity index (χ2v) is 4.96. The molecular formula is C15H20N2. The number of nitriles is 1. The molecule has 0 amide bonds. The molecule has 1 atom stereocenters. The number of hydrogen-bond donors (Lipinski definition) is 0. The van der Waals surface area contributed by atoms with Crippen molar-refractivity contribution in [2.24, 2.45) is 5.92 Å². The fourth-order valence-corrected chi connectivity index (χ4v) is 2.63. The van der Waals surface area contributed by atoms with Gasteiger partial charge in [-0.2, -0.15) is 5.26 Å². The molecule has 1 aromatic carbocycles. The zero-order valence-corrected chi connectivity index (χ0v) is 10.5. The SMILES string of the molecule is CCC1CCCN(Cc2cccc(C#N)c2)C1. The number of likely N-dealkylation sites (tertiary alicyclic amines) is 1. The van der Waals surface area contributed by atoms with Gasteiger partial charge < -0.3 is 0 Å². The van der Waals surface area contributed by atoms with Gasteiger partial charge in [0.25, 0.3) is 0 Å². The highest BCUT2D eigenvalue weighted by atomic mass is 15.1. The van der Waals surface area contributed by atoms with E-state index in [-0.39, 0.29) is 0 Å². The Kier molecular flexibility index (Phi) is 4.17. The van der Waals surface area contributed by atoms with Gasteiger partial charge in [-0.25, -0.2) is 0 Å². The van der Waals surface area contributed by atoms with Crippen molar-refractivity contribution in [1.82, 2.24) is 4.90 Å². The molecule has 2 nitrogen and oxygen atoms in total. The van der Waals surface area contributed by atoms with Crippen molar-refractivity contribution in [2.75, 3.05) is 13.1 Å². The molecule has 1 saturated heterocycles. The molecule has 1 unspecified atom stereocenters. The molecule has 17 heavy (non-hydrogen) atoms. The molecule has 90 valence electrons. The van der Waals surface area contributed by atoms with E-state index in [1.165, 1.54) is 37.9 Å². The van der Waals surface area contributed by atoms with Crippen LogP contribution in [0.15, 0.2) is 24.3 Å². The minimum atomic E-state index is 0.770. The van der Waals surface area contributed by atoms with Crippen molar-refractivity contribution in [3.8, 4) is 6.07 Å². The number of hydrogen-bond acceptors (Lipinski definition) is 2. The molecule has 0 bridgehead atoms. The Balaban J connectivity index is 1.98. The highest BCUT2D eigenvalue weighted by Crippen LogP contribution is 2.20. The summed E-state index contributed by atoms with van der Waals surface area (Å²) in [4.78, 5) is 2.52. The maximum atomic E-state index is 8.88. The molecule has 2 heteroatoms. The number of nitrogens with zero attached hydrogens (tertiary/aromatic N) is 2. The molecule has 0 spiro atoms. The van der Waals surface area contributed by atoms with Gasteiger partial charge in [0.05, 0.1) is 11.6 Å². The lowest BCUT2D eigenvalue weighted by Gasteiger charge is -2.32. The van der Waals surface area contributed by atoms with Gasteiger partial charge in [-0.1, -0.05) is 25.5 Å². The summed E-state index contributed by atoms with van der Waals surface area (Å²) < 4.78 is 0. The first kappa shape index (κ1) is 12.1. The van der Waals surface area contributed by atoms with E-state index in [2.05, 4.69) is 24.0 Å². The molecule has 0 aliphatic carbocycles. The molecule has 1 aromatic rings. The van der Waals surface area contributed by atoms with Crippen molar-refractivity contribution >= 4 is 0 Å². The van der Waals surface area contributed by atoms with E-state index in [0.29, 0.717) is 0 Å². The molecule has 1 heterocycles. The molecule has 1 aliphatic heterocycles. The minimum Gasteiger partial charge on any atom is -0.299 e. The smallest absolute Gasteiger partial charge is 0.0991 e. The van der Waals surface area contributed by atoms with E-state index in [0.717, 1.165) is 18.0 Å². The molecule has 0 aromatic heterocycles. The van der Waals surface area contributed by atoms with Crippen LogP contribution in [0.1, 0.15) is 37.3 Å². The Hall–Kier alpha value is -1.33. The Labute approximate surface area is 104 Å². The van der Waals surface area contributed by atoms with Gasteiger partial charge in [0.1, 0.15) is 0 Å². The number of rotatable bonds is 3. The standard InChI is InChI=1S/C15H20N2/c1-2-13-7-4-8-17(11-13)12-15-6-3-5-14(9-15)10-16/h3,5-6,9,13H,2,4,7-8,11-12H2,1H3. The van der Waals surface area contributed by atoms with E-state index < -0.39 is 0 Å². The van der Waals surface area contributed by atoms with Gasteiger partial charge in [-0.05, 0) is 43.0 Å². The summed E-state index contributed by atoms with van der Waals surface area (Å²) in [6.45, 7) is 5.69. The molecular weight excluding hydrogens is 208 g/mol. The lowest BCUT2D eigenvalue weighted by atomic mass is 9.95. The largest absolute Gasteiger partial charge is 0.299 e. The fraction of sp³-hybridized carbons (Fsp3) is 0.533. The van der Waals surface area contributed by atoms with Gasteiger partial charge in [-0.15, -0.1) is 0 Å². The van der Waals surface area contributed by atoms with Gasteiger partial charge in [-0.3, -0.25) is 4.90 Å². The van der Waals surface area contributed by atoms with Gasteiger partial charge in [0.15, 0.2) is 0 Å². The fourth-order valence-electron chi connectivity index (χ4n) is 2.63. The third-order valence-electron chi connectivity index (χ3n) is 3.64. The second kappa shape index (κ2) is 5.84. The lowest BCUT2D eigenvalue weighted by Crippen LogP contribution is -2.34. The van der Waals surface area contributed by atoms with Crippen molar-refractivity contribution in [3.63, 3.8) is 0 Å². The third-order valence-corrected chi connectivity index (χ3v) is 3.64. The average molecular weight is 228 g/mol. The zero-order valence-electron chi connectivity index (χ0n) is 10.5. The monoisotopic (exact) mass is 228 g/mol. The lowest BCUT2D eigenvalue weighted by molar-refractivity contribution is 0.165. The maximum absolute atomic E-state index is 8.88. The van der Waals surface area contributed by atoms with E-state index in [1.54, 1.807) is 0 Å². The number of benzene rings is 1. The first-order valence-corrected chi connectivity index (χ1v) is 6.53. The van der Waals surface area contributed by atoms with Crippen molar-refractivity contribution < 1.29 is 0 Å². The first-order valence-electron chi connectivity index (χ1n) is 6.53. The van der Waals surface area contributed by atoms with Crippen LogP contribution >= 0.6 is 0 Å². The normalized spacial score (nSPS) is 21.1. The summed E-state index contributed by atoms with van der Waals surface area (Å²) in [6, 6.07) is 10.2. The van der Waals surface area contributed by atoms with E-state index >= 15 is 0 Å². The Morgan fingerprint density at radius 2 is 2.35 bits per heavy atom. The predicted octanol–water partition coefficient (Wildman–Crippen LogP) is 3.18. The zero-order chi connectivity index (χ0) is 12.1. The molecule has 0 radical (unpaired) electrons. The second-order valence-electron chi connectivity index (χ2n) is 4.96. The van der Waals surface area contributed by atoms with Crippen LogP contribution in [-0.4, -0.2) is 18.0 Å². The van der Waals surface area contributed by atoms with Crippen LogP contribution < -0.4 is 0 Å². The summed E-state index contributed by atoms with van der Waals surface area (Å²) in [5, 5.41) is 8.88. The van der Waals surface area contributed by atoms with Crippen LogP contribution in [-0.2, 0) is 6.54 Å². The highest BCUT2D eigenvalue weighted by Gasteiger charge is 2.18. The van der Waals surface area contributed by atoms with Crippen LogP contribution in [0.4, 0.5) is 0 Å². The molecule has 1 fully saturated rings. The van der Waals surface area contributed by atoms with E-state index in [4.69, 9.17) is 5.26 Å². The Morgan fingerprint density at radius 3 is 3.12 bits per heavy atom. The first-order chi connectivity index (χ1) is 8.31. The predicted molar refractivity (Wildman–Crippen MR) is 69.4 cm³/mol. The molecule has 0 N–H and O–H groups in total. The van der Waals surface area contributed by atoms with Crippen LogP contribution in [0.25, 0.3) is 0 Å². The summed E-state index contributed by atoms with van der Waals surface area (Å²) in [5.41, 5.74) is 2.03. The summed E-state index contributed by atoms with van der Waals surface area (Å²) in [6.07, 6.45) is 3.98. The molecule has 2 rings (SSSR count). The topological polar surface area (TPSA) is 27.0 Å². The van der Waals surface area contributed by atoms with Crippen LogP contribution in [0.5, 0.6) is 0 Å². The molecule has 1 aliphatic rings. The third kappa shape index (κ3) is 3.31. The molecule has 0 saturated carbocycles. The number of piperidine rings is 1. The summed E-state index contributed by atoms with van der Waals surface area (Å²) >= 11 is 0. The average Bonchev–Trinajstić information content (AvgIpc) is 2.39. The van der Waals surface area contributed by atoms with Crippen molar-refractivity contribution in [3.05, 3.63) is 35.4 Å². The van der Waals surface area contributed by atoms with E-state index in [1.807, 2.05) is 18.2 Å². The quantitative estimate of drug-likeness (QED) is 0.794. The van der Waals surface area contributed by atoms with Crippen LogP contribution in [0.2, 0.25) is 0 Å². The van der Waals surface area contributed by atoms with Gasteiger partial charge in [0.2, 0.25) is 0 Å². The summed E-state index contributed by atoms with van der Waals surface area (Å²) in [7, 11) is 0. The maximum Gasteiger partial charge on any atom is 0.0991 e.